The number of allylic oxidation sites excluding steroid dienone is 4. The molecule has 0 radical (unpaired) electrons. The Hall–Kier alpha value is -0.520. The molecule has 0 heterocycles. The number of hydrogen-bond donors (Lipinski definition) is 0. The van der Waals surface area contributed by atoms with Crippen LogP contribution in [0, 0.1) is 17.3 Å². The van der Waals surface area contributed by atoms with Gasteiger partial charge >= 0.3 is 0 Å². The number of hydrogen-bond acceptors (Lipinski definition) is 0. The second kappa shape index (κ2) is 3.81. The highest BCUT2D eigenvalue weighted by molar-refractivity contribution is 5.23. The molecule has 0 nitrogen and oxygen atoms in total. The quantitative estimate of drug-likeness (QED) is 0.583. The molecule has 15 heavy (non-hydrogen) atoms. The van der Waals surface area contributed by atoms with E-state index in [0.29, 0.717) is 5.41 Å². The molecule has 1 saturated carbocycles. The average Bonchev–Trinajstić information content (AvgIpc) is 2.17. The first-order valence-electron chi connectivity index (χ1n) is 6.34. The Kier molecular flexibility index (Phi) is 2.79. The van der Waals surface area contributed by atoms with Gasteiger partial charge in [0.1, 0.15) is 0 Å². The van der Waals surface area contributed by atoms with E-state index in [9.17, 15) is 0 Å². The standard InChI is InChI=1S/C15H24/c1-11(2)6-5-7-12-8-9-13-10-14(12)15(13,3)4/h6,8,13-14H,5,7,9-10H2,1-4H3/t13-,14+/m0/s1. The van der Waals surface area contributed by atoms with Crippen molar-refractivity contribution >= 4 is 0 Å². The third-order valence-corrected chi connectivity index (χ3v) is 4.57. The second-order valence-corrected chi connectivity index (χ2v) is 6.14. The van der Waals surface area contributed by atoms with E-state index in [2.05, 4.69) is 39.8 Å². The molecular formula is C15H24. The Morgan fingerprint density at radius 1 is 1.47 bits per heavy atom. The van der Waals surface area contributed by atoms with E-state index in [1.54, 1.807) is 5.57 Å². The van der Waals surface area contributed by atoms with Crippen LogP contribution >= 0.6 is 0 Å². The van der Waals surface area contributed by atoms with E-state index < -0.39 is 0 Å². The first-order chi connectivity index (χ1) is 7.01. The Bertz CT molecular complexity index is 300. The maximum Gasteiger partial charge on any atom is -0.0146 e. The predicted octanol–water partition coefficient (Wildman–Crippen LogP) is 4.73. The zero-order chi connectivity index (χ0) is 11.1. The molecule has 0 N–H and O–H groups in total. The molecule has 3 aliphatic rings. The Balaban J connectivity index is 1.94. The van der Waals surface area contributed by atoms with Gasteiger partial charge in [0.15, 0.2) is 0 Å². The van der Waals surface area contributed by atoms with Crippen LogP contribution in [0.2, 0.25) is 0 Å². The van der Waals surface area contributed by atoms with Crippen molar-refractivity contribution < 1.29 is 0 Å². The largest absolute Gasteiger partial charge is 0.0856 e. The Morgan fingerprint density at radius 3 is 2.73 bits per heavy atom. The summed E-state index contributed by atoms with van der Waals surface area (Å²) in [5.41, 5.74) is 3.81. The lowest BCUT2D eigenvalue weighted by atomic mass is 9.48. The van der Waals surface area contributed by atoms with Gasteiger partial charge in [0.2, 0.25) is 0 Å². The summed E-state index contributed by atoms with van der Waals surface area (Å²) in [6, 6.07) is 0. The fraction of sp³-hybridized carbons (Fsp3) is 0.733. The SMILES string of the molecule is CC(C)=CCCC1=CC[C@H]2C[C@H]1C2(C)C. The summed E-state index contributed by atoms with van der Waals surface area (Å²) in [6.45, 7) is 9.30. The highest BCUT2D eigenvalue weighted by atomic mass is 14.5. The van der Waals surface area contributed by atoms with Gasteiger partial charge in [-0.3, -0.25) is 0 Å². The molecule has 0 spiro atoms. The molecule has 0 aromatic rings. The van der Waals surface area contributed by atoms with Gasteiger partial charge in [0.25, 0.3) is 0 Å². The molecule has 0 aliphatic heterocycles. The van der Waals surface area contributed by atoms with Gasteiger partial charge in [-0.1, -0.05) is 37.1 Å². The molecule has 2 bridgehead atoms. The third kappa shape index (κ3) is 1.91. The highest BCUT2D eigenvalue weighted by Gasteiger charge is 2.50. The van der Waals surface area contributed by atoms with Crippen molar-refractivity contribution in [2.75, 3.05) is 0 Å². The van der Waals surface area contributed by atoms with E-state index in [-0.39, 0.29) is 0 Å². The van der Waals surface area contributed by atoms with Crippen molar-refractivity contribution in [1.82, 2.24) is 0 Å². The lowest BCUT2D eigenvalue weighted by molar-refractivity contribution is -0.00811. The first-order valence-corrected chi connectivity index (χ1v) is 6.34. The van der Waals surface area contributed by atoms with Gasteiger partial charge in [-0.15, -0.1) is 0 Å². The van der Waals surface area contributed by atoms with Crippen LogP contribution in [-0.4, -0.2) is 0 Å². The summed E-state index contributed by atoms with van der Waals surface area (Å²) in [5, 5.41) is 0. The lowest BCUT2D eigenvalue weighted by Crippen LogP contribution is -2.47. The summed E-state index contributed by atoms with van der Waals surface area (Å²) >= 11 is 0. The average molecular weight is 204 g/mol. The fourth-order valence-electron chi connectivity index (χ4n) is 3.28. The number of rotatable bonds is 3. The second-order valence-electron chi connectivity index (χ2n) is 6.14. The zero-order valence-corrected chi connectivity index (χ0v) is 10.6. The minimum Gasteiger partial charge on any atom is -0.0856 e. The van der Waals surface area contributed by atoms with Crippen molar-refractivity contribution in [3.63, 3.8) is 0 Å². The molecule has 0 amide bonds. The Morgan fingerprint density at radius 2 is 2.20 bits per heavy atom. The van der Waals surface area contributed by atoms with E-state index in [1.165, 1.54) is 31.3 Å². The smallest absolute Gasteiger partial charge is 0.0146 e. The minimum absolute atomic E-state index is 0.606. The summed E-state index contributed by atoms with van der Waals surface area (Å²) < 4.78 is 0. The molecule has 0 saturated heterocycles. The lowest BCUT2D eigenvalue weighted by Gasteiger charge is -2.56. The van der Waals surface area contributed by atoms with Crippen LogP contribution in [0.4, 0.5) is 0 Å². The van der Waals surface area contributed by atoms with Gasteiger partial charge in [0, 0.05) is 0 Å². The van der Waals surface area contributed by atoms with Gasteiger partial charge in [0.05, 0.1) is 0 Å². The monoisotopic (exact) mass is 204 g/mol. The van der Waals surface area contributed by atoms with Crippen LogP contribution in [0.5, 0.6) is 0 Å². The summed E-state index contributed by atoms with van der Waals surface area (Å²) in [4.78, 5) is 0. The molecule has 0 unspecified atom stereocenters. The van der Waals surface area contributed by atoms with Gasteiger partial charge in [-0.25, -0.2) is 0 Å². The normalized spacial score (nSPS) is 31.6. The van der Waals surface area contributed by atoms with Gasteiger partial charge in [-0.2, -0.15) is 0 Å². The molecule has 1 fully saturated rings. The topological polar surface area (TPSA) is 0 Å². The van der Waals surface area contributed by atoms with Crippen molar-refractivity contribution in [3.8, 4) is 0 Å². The maximum absolute atomic E-state index is 2.53. The van der Waals surface area contributed by atoms with Crippen molar-refractivity contribution in [2.24, 2.45) is 17.3 Å². The summed E-state index contributed by atoms with van der Waals surface area (Å²) in [6.07, 6.45) is 10.3. The molecule has 2 atom stereocenters. The van der Waals surface area contributed by atoms with Crippen molar-refractivity contribution in [2.45, 2.75) is 53.4 Å². The van der Waals surface area contributed by atoms with Crippen LogP contribution in [0.15, 0.2) is 23.3 Å². The maximum atomic E-state index is 2.53. The van der Waals surface area contributed by atoms with Gasteiger partial charge in [-0.05, 0) is 56.8 Å². The van der Waals surface area contributed by atoms with E-state index >= 15 is 0 Å². The van der Waals surface area contributed by atoms with Crippen LogP contribution in [0.1, 0.15) is 53.4 Å². The van der Waals surface area contributed by atoms with Crippen LogP contribution in [0.25, 0.3) is 0 Å². The van der Waals surface area contributed by atoms with Crippen LogP contribution in [0.3, 0.4) is 0 Å². The minimum atomic E-state index is 0.606. The molecule has 84 valence electrons. The third-order valence-electron chi connectivity index (χ3n) is 4.57. The predicted molar refractivity (Wildman–Crippen MR) is 66.7 cm³/mol. The first kappa shape index (κ1) is 11.0. The zero-order valence-electron chi connectivity index (χ0n) is 10.6. The molecule has 3 rings (SSSR count). The molecule has 0 aromatic carbocycles. The number of fused-ring (bicyclic) bond motifs is 1. The van der Waals surface area contributed by atoms with Crippen molar-refractivity contribution in [3.05, 3.63) is 23.3 Å². The fourth-order valence-corrected chi connectivity index (χ4v) is 3.28. The molecule has 0 aromatic heterocycles. The molecule has 3 aliphatic carbocycles. The van der Waals surface area contributed by atoms with E-state index in [4.69, 9.17) is 0 Å². The van der Waals surface area contributed by atoms with Gasteiger partial charge < -0.3 is 0 Å². The van der Waals surface area contributed by atoms with E-state index in [1.807, 2.05) is 0 Å². The molecular weight excluding hydrogens is 180 g/mol. The highest BCUT2D eigenvalue weighted by Crippen LogP contribution is 2.59. The van der Waals surface area contributed by atoms with E-state index in [0.717, 1.165) is 11.8 Å². The summed E-state index contributed by atoms with van der Waals surface area (Å²) in [5.74, 6) is 1.89. The van der Waals surface area contributed by atoms with Crippen LogP contribution in [-0.2, 0) is 0 Å². The Labute approximate surface area is 94.5 Å². The van der Waals surface area contributed by atoms with Crippen molar-refractivity contribution in [1.29, 1.82) is 0 Å². The van der Waals surface area contributed by atoms with Crippen LogP contribution < -0.4 is 0 Å². The molecule has 0 heteroatoms. The summed E-state index contributed by atoms with van der Waals surface area (Å²) in [7, 11) is 0.